The van der Waals surface area contributed by atoms with Gasteiger partial charge in [0.25, 0.3) is 0 Å². The third kappa shape index (κ3) is 1.89. The molecule has 96 valence electrons. The molecule has 0 aliphatic carbocycles. The molecular formula is C14H19N3S. The number of imidazole rings is 1. The Balaban J connectivity index is 2.04. The summed E-state index contributed by atoms with van der Waals surface area (Å²) in [6.45, 7) is 4.33. The van der Waals surface area contributed by atoms with E-state index in [0.717, 1.165) is 11.3 Å². The van der Waals surface area contributed by atoms with Crippen LogP contribution in [0.3, 0.4) is 0 Å². The zero-order valence-corrected chi connectivity index (χ0v) is 11.8. The van der Waals surface area contributed by atoms with E-state index in [2.05, 4.69) is 46.6 Å². The number of nitrogens with one attached hydrogen (secondary N) is 1. The second-order valence-corrected chi connectivity index (χ2v) is 5.67. The van der Waals surface area contributed by atoms with Crippen molar-refractivity contribution < 1.29 is 0 Å². The summed E-state index contributed by atoms with van der Waals surface area (Å²) >= 11 is 5.47. The Morgan fingerprint density at radius 1 is 1.44 bits per heavy atom. The molecule has 1 atom stereocenters. The Morgan fingerprint density at radius 2 is 2.28 bits per heavy atom. The van der Waals surface area contributed by atoms with Crippen molar-refractivity contribution in [3.8, 4) is 0 Å². The number of rotatable bonds is 2. The molecule has 2 heterocycles. The fraction of sp³-hybridized carbons (Fsp3) is 0.500. The lowest BCUT2D eigenvalue weighted by atomic mass is 10.2. The van der Waals surface area contributed by atoms with Gasteiger partial charge in [0.1, 0.15) is 0 Å². The lowest BCUT2D eigenvalue weighted by molar-refractivity contribution is 0.283. The number of para-hydroxylation sites is 1. The van der Waals surface area contributed by atoms with Crippen molar-refractivity contribution >= 4 is 23.3 Å². The Morgan fingerprint density at radius 3 is 3.00 bits per heavy atom. The molecule has 1 unspecified atom stereocenters. The number of H-pyrrole nitrogens is 1. The van der Waals surface area contributed by atoms with Gasteiger partial charge in [-0.25, -0.2) is 0 Å². The van der Waals surface area contributed by atoms with E-state index in [1.165, 1.54) is 36.0 Å². The summed E-state index contributed by atoms with van der Waals surface area (Å²) in [6, 6.07) is 7.01. The smallest absolute Gasteiger partial charge is 0.178 e. The first kappa shape index (κ1) is 11.9. The first-order chi connectivity index (χ1) is 8.66. The maximum absolute atomic E-state index is 5.47. The lowest BCUT2D eigenvalue weighted by Crippen LogP contribution is -2.29. The molecule has 3 nitrogen and oxygen atoms in total. The molecule has 1 fully saturated rings. The van der Waals surface area contributed by atoms with Crippen molar-refractivity contribution in [3.63, 3.8) is 0 Å². The summed E-state index contributed by atoms with van der Waals surface area (Å²) in [5.74, 6) is 0. The molecule has 0 saturated carbocycles. The molecule has 3 rings (SSSR count). The van der Waals surface area contributed by atoms with E-state index in [-0.39, 0.29) is 0 Å². The van der Waals surface area contributed by atoms with Crippen molar-refractivity contribution in [2.45, 2.75) is 32.4 Å². The van der Waals surface area contributed by atoms with Crippen LogP contribution in [0.25, 0.3) is 11.0 Å². The predicted octanol–water partition coefficient (Wildman–Crippen LogP) is 3.10. The molecule has 1 aliphatic heterocycles. The summed E-state index contributed by atoms with van der Waals surface area (Å²) in [6.07, 6.45) is 2.58. The molecule has 4 heteroatoms. The van der Waals surface area contributed by atoms with E-state index < -0.39 is 0 Å². The van der Waals surface area contributed by atoms with Gasteiger partial charge in [-0.05, 0) is 57.2 Å². The summed E-state index contributed by atoms with van der Waals surface area (Å²) in [5, 5.41) is 0. The first-order valence-electron chi connectivity index (χ1n) is 6.55. The standard InChI is InChI=1S/C14H19N3S/c1-10-5-3-7-12-13(10)15-14(18)17(12)9-11-6-4-8-16(11)2/h3,5,7,11H,4,6,8-9H2,1-2H3,(H,15,18). The minimum Gasteiger partial charge on any atom is -0.330 e. The molecule has 18 heavy (non-hydrogen) atoms. The number of fused-ring (bicyclic) bond motifs is 1. The van der Waals surface area contributed by atoms with E-state index >= 15 is 0 Å². The van der Waals surface area contributed by atoms with Crippen molar-refractivity contribution in [2.75, 3.05) is 13.6 Å². The highest BCUT2D eigenvalue weighted by Gasteiger charge is 2.22. The Kier molecular flexibility index (Phi) is 2.99. The van der Waals surface area contributed by atoms with Crippen LogP contribution in [0.5, 0.6) is 0 Å². The molecule has 0 spiro atoms. The predicted molar refractivity (Wildman–Crippen MR) is 77.5 cm³/mol. The van der Waals surface area contributed by atoms with Crippen LogP contribution in [0, 0.1) is 11.7 Å². The van der Waals surface area contributed by atoms with E-state index in [1.807, 2.05) is 0 Å². The monoisotopic (exact) mass is 261 g/mol. The molecule has 1 aliphatic rings. The Bertz CT molecular complexity index is 625. The molecule has 0 radical (unpaired) electrons. The van der Waals surface area contributed by atoms with Gasteiger partial charge in [-0.1, -0.05) is 12.1 Å². The van der Waals surface area contributed by atoms with E-state index in [1.54, 1.807) is 0 Å². The minimum atomic E-state index is 0.621. The number of likely N-dealkylation sites (tertiary alicyclic amines) is 1. The average Bonchev–Trinajstić information content (AvgIpc) is 2.87. The molecule has 1 N–H and O–H groups in total. The maximum atomic E-state index is 5.47. The number of aryl methyl sites for hydroxylation is 1. The average molecular weight is 261 g/mol. The Hall–Kier alpha value is -1.13. The lowest BCUT2D eigenvalue weighted by Gasteiger charge is -2.20. The third-order valence-corrected chi connectivity index (χ3v) is 4.41. The fourth-order valence-corrected chi connectivity index (χ4v) is 3.20. The summed E-state index contributed by atoms with van der Waals surface area (Å²) in [5.41, 5.74) is 3.68. The summed E-state index contributed by atoms with van der Waals surface area (Å²) in [7, 11) is 2.21. The SMILES string of the molecule is Cc1cccc2c1[nH]c(=S)n2CC1CCCN1C. The second kappa shape index (κ2) is 4.52. The summed E-state index contributed by atoms with van der Waals surface area (Å²) in [4.78, 5) is 5.78. The number of hydrogen-bond donors (Lipinski definition) is 1. The molecule has 1 aromatic heterocycles. The van der Waals surface area contributed by atoms with Gasteiger partial charge in [-0.3, -0.25) is 0 Å². The van der Waals surface area contributed by atoms with Crippen LogP contribution in [0.2, 0.25) is 0 Å². The van der Waals surface area contributed by atoms with Crippen LogP contribution in [0.1, 0.15) is 18.4 Å². The summed E-state index contributed by atoms with van der Waals surface area (Å²) < 4.78 is 3.10. The highest BCUT2D eigenvalue weighted by Crippen LogP contribution is 2.22. The molecule has 2 aromatic rings. The van der Waals surface area contributed by atoms with Crippen LogP contribution in [-0.2, 0) is 6.54 Å². The molecule has 1 aromatic carbocycles. The van der Waals surface area contributed by atoms with Crippen LogP contribution in [0.15, 0.2) is 18.2 Å². The van der Waals surface area contributed by atoms with E-state index in [9.17, 15) is 0 Å². The van der Waals surface area contributed by atoms with Crippen molar-refractivity contribution in [2.24, 2.45) is 0 Å². The van der Waals surface area contributed by atoms with Crippen LogP contribution in [0.4, 0.5) is 0 Å². The number of benzene rings is 1. The van der Waals surface area contributed by atoms with Gasteiger partial charge in [-0.2, -0.15) is 0 Å². The highest BCUT2D eigenvalue weighted by molar-refractivity contribution is 7.71. The zero-order chi connectivity index (χ0) is 12.7. The number of aromatic amines is 1. The van der Waals surface area contributed by atoms with Crippen molar-refractivity contribution in [1.82, 2.24) is 14.5 Å². The second-order valence-electron chi connectivity index (χ2n) is 5.29. The third-order valence-electron chi connectivity index (χ3n) is 4.08. The molecule has 0 bridgehead atoms. The minimum absolute atomic E-state index is 0.621. The van der Waals surface area contributed by atoms with Gasteiger partial charge in [0.05, 0.1) is 11.0 Å². The first-order valence-corrected chi connectivity index (χ1v) is 6.96. The highest BCUT2D eigenvalue weighted by atomic mass is 32.1. The topological polar surface area (TPSA) is 24.0 Å². The normalized spacial score (nSPS) is 20.9. The largest absolute Gasteiger partial charge is 0.330 e. The van der Waals surface area contributed by atoms with E-state index in [4.69, 9.17) is 12.2 Å². The van der Waals surface area contributed by atoms with Gasteiger partial charge in [0.2, 0.25) is 0 Å². The van der Waals surface area contributed by atoms with Gasteiger partial charge < -0.3 is 14.5 Å². The van der Waals surface area contributed by atoms with Crippen LogP contribution in [-0.4, -0.2) is 34.1 Å². The van der Waals surface area contributed by atoms with Gasteiger partial charge in [-0.15, -0.1) is 0 Å². The number of aromatic nitrogens is 2. The number of likely N-dealkylation sites (N-methyl/N-ethyl adjacent to an activating group) is 1. The van der Waals surface area contributed by atoms with Gasteiger partial charge in [0, 0.05) is 12.6 Å². The van der Waals surface area contributed by atoms with Gasteiger partial charge >= 0.3 is 0 Å². The van der Waals surface area contributed by atoms with E-state index in [0.29, 0.717) is 6.04 Å². The molecule has 0 amide bonds. The maximum Gasteiger partial charge on any atom is 0.178 e. The quantitative estimate of drug-likeness (QED) is 0.840. The van der Waals surface area contributed by atoms with Crippen molar-refractivity contribution in [3.05, 3.63) is 28.5 Å². The molecule has 1 saturated heterocycles. The molecular weight excluding hydrogens is 242 g/mol. The fourth-order valence-electron chi connectivity index (χ4n) is 2.93. The zero-order valence-electron chi connectivity index (χ0n) is 10.9. The van der Waals surface area contributed by atoms with Crippen LogP contribution < -0.4 is 0 Å². The van der Waals surface area contributed by atoms with Crippen LogP contribution >= 0.6 is 12.2 Å². The Labute approximate surface area is 112 Å². The van der Waals surface area contributed by atoms with Crippen molar-refractivity contribution in [1.29, 1.82) is 0 Å². The number of hydrogen-bond acceptors (Lipinski definition) is 2. The van der Waals surface area contributed by atoms with Gasteiger partial charge in [0.15, 0.2) is 4.77 Å². The number of nitrogens with zero attached hydrogens (tertiary/aromatic N) is 2.